The van der Waals surface area contributed by atoms with Gasteiger partial charge in [-0.1, -0.05) is 0 Å². The van der Waals surface area contributed by atoms with E-state index in [1.54, 1.807) is 7.05 Å². The number of aromatic nitrogens is 2. The van der Waals surface area contributed by atoms with Crippen molar-refractivity contribution in [2.24, 2.45) is 0 Å². The van der Waals surface area contributed by atoms with Gasteiger partial charge in [-0.25, -0.2) is 5.10 Å². The molecule has 2 atom stereocenters. The second kappa shape index (κ2) is 4.85. The fourth-order valence-corrected chi connectivity index (χ4v) is 1.04. The van der Waals surface area contributed by atoms with Gasteiger partial charge in [-0.2, -0.15) is 5.10 Å². The summed E-state index contributed by atoms with van der Waals surface area (Å²) in [6, 6.07) is 2.63. The van der Waals surface area contributed by atoms with Gasteiger partial charge in [0, 0.05) is 12.6 Å². The number of likely N-dealkylation sites (N-methyl/N-ethyl adjacent to an activating group) is 1. The number of rotatable bonds is 4. The molecular weight excluding hydrogens is 186 g/mol. The van der Waals surface area contributed by atoms with E-state index in [1.165, 1.54) is 12.1 Å². The molecule has 4 N–H and O–H groups in total. The zero-order chi connectivity index (χ0) is 10.6. The van der Waals surface area contributed by atoms with Gasteiger partial charge in [0.2, 0.25) is 0 Å². The Morgan fingerprint density at radius 1 is 1.57 bits per heavy atom. The minimum absolute atomic E-state index is 0.243. The molecule has 78 valence electrons. The van der Waals surface area contributed by atoms with Crippen molar-refractivity contribution >= 4 is 0 Å². The van der Waals surface area contributed by atoms with E-state index in [1.807, 2.05) is 0 Å². The molecule has 1 rings (SSSR count). The van der Waals surface area contributed by atoms with Crippen LogP contribution in [-0.2, 0) is 0 Å². The van der Waals surface area contributed by atoms with Crippen molar-refractivity contribution in [2.45, 2.75) is 12.2 Å². The minimum Gasteiger partial charge on any atom is -0.389 e. The zero-order valence-electron chi connectivity index (χ0n) is 7.77. The number of hydrogen-bond acceptors (Lipinski definition) is 5. The normalized spacial score (nSPS) is 15.1. The van der Waals surface area contributed by atoms with Crippen LogP contribution in [0.3, 0.4) is 0 Å². The van der Waals surface area contributed by atoms with E-state index in [0.29, 0.717) is 0 Å². The average Bonchev–Trinajstić information content (AvgIpc) is 2.18. The molecule has 0 aliphatic rings. The van der Waals surface area contributed by atoms with Gasteiger partial charge in [-0.15, -0.1) is 0 Å². The van der Waals surface area contributed by atoms with Gasteiger partial charge in [-0.3, -0.25) is 4.79 Å². The summed E-state index contributed by atoms with van der Waals surface area (Å²) in [4.78, 5) is 10.7. The highest BCUT2D eigenvalue weighted by Gasteiger charge is 2.18. The highest BCUT2D eigenvalue weighted by molar-refractivity contribution is 5.04. The summed E-state index contributed by atoms with van der Waals surface area (Å²) in [7, 11) is 1.66. The average molecular weight is 199 g/mol. The van der Waals surface area contributed by atoms with Gasteiger partial charge in [0.1, 0.15) is 6.10 Å². The van der Waals surface area contributed by atoms with Gasteiger partial charge >= 0.3 is 0 Å². The van der Waals surface area contributed by atoms with Crippen molar-refractivity contribution in [1.29, 1.82) is 0 Å². The van der Waals surface area contributed by atoms with Crippen molar-refractivity contribution in [3.8, 4) is 0 Å². The fourth-order valence-electron chi connectivity index (χ4n) is 1.04. The first-order chi connectivity index (χ1) is 6.65. The number of hydrogen-bond donors (Lipinski definition) is 4. The molecule has 0 aliphatic heterocycles. The van der Waals surface area contributed by atoms with E-state index >= 15 is 0 Å². The van der Waals surface area contributed by atoms with E-state index in [4.69, 9.17) is 0 Å². The Morgan fingerprint density at radius 2 is 2.29 bits per heavy atom. The van der Waals surface area contributed by atoms with E-state index in [2.05, 4.69) is 15.5 Å². The summed E-state index contributed by atoms with van der Waals surface area (Å²) < 4.78 is 0. The Hall–Kier alpha value is -1.24. The molecule has 0 saturated heterocycles. The monoisotopic (exact) mass is 199 g/mol. The summed E-state index contributed by atoms with van der Waals surface area (Å²) >= 11 is 0. The predicted molar refractivity (Wildman–Crippen MR) is 49.8 cm³/mol. The first-order valence-electron chi connectivity index (χ1n) is 4.21. The lowest BCUT2D eigenvalue weighted by Gasteiger charge is -2.15. The predicted octanol–water partition coefficient (Wildman–Crippen LogP) is -1.62. The Balaban J connectivity index is 2.73. The molecule has 1 heterocycles. The molecular formula is C8H13N3O3. The number of nitrogens with one attached hydrogen (secondary N) is 2. The van der Waals surface area contributed by atoms with E-state index in [-0.39, 0.29) is 17.8 Å². The van der Waals surface area contributed by atoms with Crippen molar-refractivity contribution in [3.63, 3.8) is 0 Å². The molecule has 6 heteroatoms. The van der Waals surface area contributed by atoms with Crippen LogP contribution in [0.15, 0.2) is 16.9 Å². The van der Waals surface area contributed by atoms with Crippen molar-refractivity contribution < 1.29 is 10.2 Å². The molecule has 0 amide bonds. The molecule has 0 bridgehead atoms. The van der Waals surface area contributed by atoms with Crippen LogP contribution in [0.1, 0.15) is 11.8 Å². The van der Waals surface area contributed by atoms with Gasteiger partial charge in [0.05, 0.1) is 11.8 Å². The van der Waals surface area contributed by atoms with Crippen LogP contribution in [0.2, 0.25) is 0 Å². The maximum Gasteiger partial charge on any atom is 0.264 e. The maximum atomic E-state index is 10.7. The highest BCUT2D eigenvalue weighted by atomic mass is 16.3. The van der Waals surface area contributed by atoms with Gasteiger partial charge in [0.15, 0.2) is 0 Å². The lowest BCUT2D eigenvalue weighted by Crippen LogP contribution is -2.30. The third-order valence-electron chi connectivity index (χ3n) is 1.78. The fraction of sp³-hybridized carbons (Fsp3) is 0.500. The van der Waals surface area contributed by atoms with Crippen molar-refractivity contribution in [2.75, 3.05) is 13.6 Å². The molecule has 0 aliphatic carbocycles. The van der Waals surface area contributed by atoms with Crippen LogP contribution >= 0.6 is 0 Å². The lowest BCUT2D eigenvalue weighted by molar-refractivity contribution is 0.0171. The molecule has 0 radical (unpaired) electrons. The lowest BCUT2D eigenvalue weighted by atomic mass is 10.1. The van der Waals surface area contributed by atoms with Crippen LogP contribution in [-0.4, -0.2) is 40.1 Å². The largest absolute Gasteiger partial charge is 0.389 e. The quantitative estimate of drug-likeness (QED) is 0.467. The minimum atomic E-state index is -1.10. The van der Waals surface area contributed by atoms with Crippen molar-refractivity contribution in [1.82, 2.24) is 15.5 Å². The number of aromatic amines is 1. The summed E-state index contributed by atoms with van der Waals surface area (Å²) in [6.45, 7) is 0.252. The Kier molecular flexibility index (Phi) is 3.75. The van der Waals surface area contributed by atoms with Crippen LogP contribution in [0, 0.1) is 0 Å². The number of H-pyrrole nitrogens is 1. The summed E-state index contributed by atoms with van der Waals surface area (Å²) in [5.41, 5.74) is -0.101. The van der Waals surface area contributed by atoms with Crippen LogP contribution in [0.25, 0.3) is 0 Å². The Bertz CT molecular complexity index is 318. The smallest absolute Gasteiger partial charge is 0.264 e. The van der Waals surface area contributed by atoms with E-state index < -0.39 is 12.2 Å². The summed E-state index contributed by atoms with van der Waals surface area (Å²) in [5, 5.41) is 27.4. The van der Waals surface area contributed by atoms with Gasteiger partial charge in [0.25, 0.3) is 5.56 Å². The van der Waals surface area contributed by atoms with Crippen LogP contribution in [0.4, 0.5) is 0 Å². The number of aliphatic hydroxyl groups is 2. The molecule has 1 aromatic heterocycles. The van der Waals surface area contributed by atoms with Crippen molar-refractivity contribution in [3.05, 3.63) is 28.2 Å². The molecule has 2 unspecified atom stereocenters. The summed E-state index contributed by atoms with van der Waals surface area (Å²) in [5.74, 6) is 0. The molecule has 14 heavy (non-hydrogen) atoms. The standard InChI is InChI=1S/C8H13N3O3/c1-9-4-6(12)8(14)5-2-3-7(13)11-10-5/h2-3,6,8-9,12,14H,4H2,1H3,(H,11,13). The molecule has 1 aromatic rings. The molecule has 0 spiro atoms. The summed E-state index contributed by atoms with van der Waals surface area (Å²) in [6.07, 6.45) is -2.04. The Labute approximate surface area is 80.6 Å². The molecule has 0 aromatic carbocycles. The third kappa shape index (κ3) is 2.63. The van der Waals surface area contributed by atoms with Crippen LogP contribution in [0.5, 0.6) is 0 Å². The van der Waals surface area contributed by atoms with E-state index in [9.17, 15) is 15.0 Å². The first kappa shape index (κ1) is 10.8. The van der Waals surface area contributed by atoms with Gasteiger partial charge in [-0.05, 0) is 13.1 Å². The SMILES string of the molecule is CNCC(O)C(O)c1ccc(=O)[nH]n1. The van der Waals surface area contributed by atoms with Gasteiger partial charge < -0.3 is 15.5 Å². The number of nitrogens with zero attached hydrogens (tertiary/aromatic N) is 1. The van der Waals surface area contributed by atoms with Crippen LogP contribution < -0.4 is 10.9 Å². The third-order valence-corrected chi connectivity index (χ3v) is 1.78. The number of aliphatic hydroxyl groups excluding tert-OH is 2. The topological polar surface area (TPSA) is 98.2 Å². The highest BCUT2D eigenvalue weighted by Crippen LogP contribution is 2.11. The molecule has 0 saturated carbocycles. The first-order valence-corrected chi connectivity index (χ1v) is 4.21. The zero-order valence-corrected chi connectivity index (χ0v) is 7.77. The molecule has 0 fully saturated rings. The second-order valence-electron chi connectivity index (χ2n) is 2.92. The Morgan fingerprint density at radius 3 is 2.79 bits per heavy atom. The molecule has 6 nitrogen and oxygen atoms in total. The maximum absolute atomic E-state index is 10.7. The second-order valence-corrected chi connectivity index (χ2v) is 2.92. The van der Waals surface area contributed by atoms with E-state index in [0.717, 1.165) is 0 Å².